The van der Waals surface area contributed by atoms with Gasteiger partial charge in [-0.05, 0) is 40.5 Å². The third kappa shape index (κ3) is 4.02. The van der Waals surface area contributed by atoms with Crippen molar-refractivity contribution in [3.8, 4) is 5.69 Å². The first-order valence-electron chi connectivity index (χ1n) is 8.51. The van der Waals surface area contributed by atoms with Crippen molar-refractivity contribution >= 4 is 17.5 Å². The van der Waals surface area contributed by atoms with E-state index < -0.39 is 0 Å². The van der Waals surface area contributed by atoms with Gasteiger partial charge in [-0.2, -0.15) is 4.68 Å². The van der Waals surface area contributed by atoms with Gasteiger partial charge in [0.25, 0.3) is 0 Å². The molecular weight excluding hydrogens is 344 g/mol. The highest BCUT2D eigenvalue weighted by Crippen LogP contribution is 2.27. The van der Waals surface area contributed by atoms with E-state index in [1.54, 1.807) is 4.68 Å². The predicted molar refractivity (Wildman–Crippen MR) is 104 cm³/mol. The number of hydrogen-bond acceptors (Lipinski definition) is 5. The quantitative estimate of drug-likeness (QED) is 0.497. The summed E-state index contributed by atoms with van der Waals surface area (Å²) in [5.41, 5.74) is 2.85. The van der Waals surface area contributed by atoms with Crippen molar-refractivity contribution in [3.05, 3.63) is 65.7 Å². The fraction of sp³-hybridized carbons (Fsp3) is 0.300. The molecule has 5 nitrogen and oxygen atoms in total. The zero-order valence-corrected chi connectivity index (χ0v) is 16.2. The average molecular weight is 366 g/mol. The van der Waals surface area contributed by atoms with Crippen molar-refractivity contribution in [3.63, 3.8) is 0 Å². The van der Waals surface area contributed by atoms with E-state index in [1.807, 2.05) is 61.5 Å². The van der Waals surface area contributed by atoms with Crippen LogP contribution in [0, 0.1) is 0 Å². The van der Waals surface area contributed by atoms with Crippen LogP contribution in [0.15, 0.2) is 59.8 Å². The van der Waals surface area contributed by atoms with Gasteiger partial charge in [-0.3, -0.25) is 4.79 Å². The Bertz CT molecular complexity index is 882. The lowest BCUT2D eigenvalue weighted by Crippen LogP contribution is -2.16. The minimum absolute atomic E-state index is 0.0677. The van der Waals surface area contributed by atoms with Crippen LogP contribution in [0.2, 0.25) is 0 Å². The maximum Gasteiger partial charge on any atom is 0.214 e. The van der Waals surface area contributed by atoms with Crippen molar-refractivity contribution < 1.29 is 4.79 Å². The van der Waals surface area contributed by atoms with Crippen LogP contribution in [0.4, 0.5) is 0 Å². The van der Waals surface area contributed by atoms with E-state index in [2.05, 4.69) is 36.3 Å². The molecule has 0 saturated heterocycles. The molecule has 0 aliphatic heterocycles. The van der Waals surface area contributed by atoms with Crippen LogP contribution in [0.25, 0.3) is 5.69 Å². The molecule has 0 amide bonds. The van der Waals surface area contributed by atoms with Gasteiger partial charge in [-0.25, -0.2) is 0 Å². The van der Waals surface area contributed by atoms with Gasteiger partial charge in [0, 0.05) is 5.56 Å². The highest BCUT2D eigenvalue weighted by Gasteiger charge is 2.21. The molecule has 0 spiro atoms. The Morgan fingerprint density at radius 1 is 1.04 bits per heavy atom. The van der Waals surface area contributed by atoms with E-state index in [1.165, 1.54) is 17.3 Å². The van der Waals surface area contributed by atoms with Crippen LogP contribution in [-0.2, 0) is 5.41 Å². The van der Waals surface area contributed by atoms with Gasteiger partial charge >= 0.3 is 0 Å². The molecule has 0 N–H and O–H groups in total. The van der Waals surface area contributed by atoms with Gasteiger partial charge in [0.2, 0.25) is 5.16 Å². The van der Waals surface area contributed by atoms with Crippen LogP contribution >= 0.6 is 11.8 Å². The third-order valence-corrected chi connectivity index (χ3v) is 5.16. The molecule has 0 saturated carbocycles. The molecule has 3 rings (SSSR count). The molecule has 26 heavy (non-hydrogen) atoms. The van der Waals surface area contributed by atoms with Gasteiger partial charge in [0.1, 0.15) is 0 Å². The second-order valence-corrected chi connectivity index (χ2v) is 8.47. The van der Waals surface area contributed by atoms with Crippen LogP contribution in [0.3, 0.4) is 0 Å². The molecule has 1 heterocycles. The number of thioether (sulfide) groups is 1. The molecule has 2 aromatic carbocycles. The highest BCUT2D eigenvalue weighted by molar-refractivity contribution is 8.00. The molecular formula is C20H22N4OS. The van der Waals surface area contributed by atoms with E-state index in [0.29, 0.717) is 10.7 Å². The molecule has 1 aromatic heterocycles. The monoisotopic (exact) mass is 366 g/mol. The number of aromatic nitrogens is 4. The number of para-hydroxylation sites is 1. The molecule has 0 aliphatic rings. The molecule has 1 unspecified atom stereocenters. The number of ketones is 1. The van der Waals surface area contributed by atoms with Crippen LogP contribution < -0.4 is 0 Å². The summed E-state index contributed by atoms with van der Waals surface area (Å²) in [7, 11) is 0. The lowest BCUT2D eigenvalue weighted by molar-refractivity contribution is 0.0994. The molecule has 0 fully saturated rings. The Morgan fingerprint density at radius 2 is 1.69 bits per heavy atom. The molecule has 0 aliphatic carbocycles. The molecule has 134 valence electrons. The molecule has 0 bridgehead atoms. The third-order valence-electron chi connectivity index (χ3n) is 4.13. The minimum Gasteiger partial charge on any atom is -0.293 e. The standard InChI is InChI=1S/C20H22N4OS/c1-14(18(25)15-10-12-16(13-11-15)20(2,3)4)26-19-21-22-23-24(19)17-8-6-5-7-9-17/h5-14H,1-4H3. The second kappa shape index (κ2) is 7.41. The smallest absolute Gasteiger partial charge is 0.214 e. The first kappa shape index (κ1) is 18.3. The zero-order chi connectivity index (χ0) is 18.7. The fourth-order valence-corrected chi connectivity index (χ4v) is 3.45. The van der Waals surface area contributed by atoms with Crippen molar-refractivity contribution in [2.45, 2.75) is 43.5 Å². The average Bonchev–Trinajstić information content (AvgIpc) is 3.09. The number of Topliss-reactive ketones (excluding diaryl/α,β-unsaturated/α-hetero) is 1. The number of hydrogen-bond donors (Lipinski definition) is 0. The maximum atomic E-state index is 12.8. The van der Waals surface area contributed by atoms with Gasteiger partial charge in [-0.15, -0.1) is 5.10 Å². The number of benzene rings is 2. The lowest BCUT2D eigenvalue weighted by atomic mass is 9.86. The topological polar surface area (TPSA) is 60.7 Å². The van der Waals surface area contributed by atoms with Gasteiger partial charge in [-0.1, -0.05) is 75.0 Å². The minimum atomic E-state index is -0.288. The Labute approximate surface area is 157 Å². The van der Waals surface area contributed by atoms with Crippen molar-refractivity contribution in [2.75, 3.05) is 0 Å². The van der Waals surface area contributed by atoms with Crippen LogP contribution in [-0.4, -0.2) is 31.2 Å². The summed E-state index contributed by atoms with van der Waals surface area (Å²) < 4.78 is 1.65. The van der Waals surface area contributed by atoms with E-state index in [-0.39, 0.29) is 16.4 Å². The number of rotatable bonds is 5. The summed E-state index contributed by atoms with van der Waals surface area (Å²) in [6.45, 7) is 8.36. The summed E-state index contributed by atoms with van der Waals surface area (Å²) in [6.07, 6.45) is 0. The Morgan fingerprint density at radius 3 is 2.31 bits per heavy atom. The summed E-state index contributed by atoms with van der Waals surface area (Å²) >= 11 is 1.36. The largest absolute Gasteiger partial charge is 0.293 e. The number of tetrazole rings is 1. The molecule has 3 aromatic rings. The number of carbonyl (C=O) groups is 1. The zero-order valence-electron chi connectivity index (χ0n) is 15.4. The van der Waals surface area contributed by atoms with Gasteiger partial charge < -0.3 is 0 Å². The van der Waals surface area contributed by atoms with Crippen LogP contribution in [0.1, 0.15) is 43.6 Å². The SMILES string of the molecule is CC(Sc1nnnn1-c1ccccc1)C(=O)c1ccc(C(C)(C)C)cc1. The van der Waals surface area contributed by atoms with E-state index in [0.717, 1.165) is 5.69 Å². The second-order valence-electron chi connectivity index (χ2n) is 7.16. The lowest BCUT2D eigenvalue weighted by Gasteiger charge is -2.19. The van der Waals surface area contributed by atoms with Gasteiger partial charge in [0.05, 0.1) is 10.9 Å². The normalized spacial score (nSPS) is 12.8. The van der Waals surface area contributed by atoms with Crippen LogP contribution in [0.5, 0.6) is 0 Å². The van der Waals surface area contributed by atoms with Crippen molar-refractivity contribution in [1.29, 1.82) is 0 Å². The van der Waals surface area contributed by atoms with Crippen molar-refractivity contribution in [1.82, 2.24) is 20.2 Å². The highest BCUT2D eigenvalue weighted by atomic mass is 32.2. The summed E-state index contributed by atoms with van der Waals surface area (Å²) in [5, 5.41) is 12.2. The Balaban J connectivity index is 1.76. The molecule has 1 atom stereocenters. The Kier molecular flexibility index (Phi) is 5.23. The first-order valence-corrected chi connectivity index (χ1v) is 9.39. The summed E-state index contributed by atoms with van der Waals surface area (Å²) in [5.74, 6) is 0.0677. The van der Waals surface area contributed by atoms with Crippen molar-refractivity contribution in [2.24, 2.45) is 0 Å². The van der Waals surface area contributed by atoms with Gasteiger partial charge in [0.15, 0.2) is 5.78 Å². The fourth-order valence-electron chi connectivity index (χ4n) is 2.56. The maximum absolute atomic E-state index is 12.8. The Hall–Kier alpha value is -2.47. The number of nitrogens with zero attached hydrogens (tertiary/aromatic N) is 4. The van der Waals surface area contributed by atoms with E-state index in [9.17, 15) is 4.79 Å². The first-order chi connectivity index (χ1) is 12.4. The van der Waals surface area contributed by atoms with E-state index in [4.69, 9.17) is 0 Å². The number of carbonyl (C=O) groups excluding carboxylic acids is 1. The molecule has 6 heteroatoms. The summed E-state index contributed by atoms with van der Waals surface area (Å²) in [4.78, 5) is 12.8. The predicted octanol–water partition coefficient (Wildman–Crippen LogP) is 4.32. The summed E-state index contributed by atoms with van der Waals surface area (Å²) in [6, 6.07) is 17.5. The van der Waals surface area contributed by atoms with E-state index >= 15 is 0 Å². The molecule has 0 radical (unpaired) electrons.